The van der Waals surface area contributed by atoms with Gasteiger partial charge >= 0.3 is 6.18 Å². The third-order valence-electron chi connectivity index (χ3n) is 2.12. The van der Waals surface area contributed by atoms with Crippen LogP contribution in [0.5, 0.6) is 5.75 Å². The zero-order valence-electron chi connectivity index (χ0n) is 9.46. The molecular weight excluding hydrogens is 254 g/mol. The van der Waals surface area contributed by atoms with E-state index in [1.54, 1.807) is 0 Å². The van der Waals surface area contributed by atoms with Crippen molar-refractivity contribution in [2.24, 2.45) is 0 Å². The predicted octanol–water partition coefficient (Wildman–Crippen LogP) is 2.21. The molecule has 0 aliphatic carbocycles. The van der Waals surface area contributed by atoms with E-state index < -0.39 is 36.6 Å². The highest BCUT2D eigenvalue weighted by atomic mass is 19.4. The van der Waals surface area contributed by atoms with Gasteiger partial charge in [-0.25, -0.2) is 4.39 Å². The molecule has 0 unspecified atom stereocenters. The number of Topliss-reactive ketones (excluding diaryl/α,β-unsaturated/α-hetero) is 1. The number of phenols is 1. The molecule has 0 atom stereocenters. The molecule has 0 bridgehead atoms. The number of nitrogens with zero attached hydrogens (tertiary/aromatic N) is 1. The monoisotopic (exact) mass is 265 g/mol. The smallest absolute Gasteiger partial charge is 0.401 e. The van der Waals surface area contributed by atoms with Crippen LogP contribution in [0.25, 0.3) is 0 Å². The van der Waals surface area contributed by atoms with Gasteiger partial charge in [0.25, 0.3) is 0 Å². The van der Waals surface area contributed by atoms with Crippen molar-refractivity contribution in [3.63, 3.8) is 0 Å². The number of carbonyl (C=O) groups excluding carboxylic acids is 1. The fourth-order valence-corrected chi connectivity index (χ4v) is 1.42. The van der Waals surface area contributed by atoms with Crippen LogP contribution in [0.4, 0.5) is 17.6 Å². The highest BCUT2D eigenvalue weighted by Crippen LogP contribution is 2.20. The van der Waals surface area contributed by atoms with E-state index in [4.69, 9.17) is 0 Å². The highest BCUT2D eigenvalue weighted by molar-refractivity contribution is 5.99. The fourth-order valence-electron chi connectivity index (χ4n) is 1.42. The maximum Gasteiger partial charge on any atom is 0.401 e. The molecule has 100 valence electrons. The van der Waals surface area contributed by atoms with Gasteiger partial charge < -0.3 is 5.11 Å². The summed E-state index contributed by atoms with van der Waals surface area (Å²) < 4.78 is 49.0. The molecule has 0 amide bonds. The van der Waals surface area contributed by atoms with E-state index in [0.29, 0.717) is 0 Å². The van der Waals surface area contributed by atoms with Crippen LogP contribution < -0.4 is 0 Å². The van der Waals surface area contributed by atoms with Gasteiger partial charge in [0.15, 0.2) is 5.78 Å². The molecular formula is C11H11F4NO2. The lowest BCUT2D eigenvalue weighted by Gasteiger charge is -2.17. The quantitative estimate of drug-likeness (QED) is 0.670. The lowest BCUT2D eigenvalue weighted by atomic mass is 10.1. The van der Waals surface area contributed by atoms with Crippen molar-refractivity contribution >= 4 is 5.78 Å². The summed E-state index contributed by atoms with van der Waals surface area (Å²) in [5.74, 6) is -1.98. The third kappa shape index (κ3) is 4.33. The first kappa shape index (κ1) is 14.4. The minimum atomic E-state index is -4.42. The molecule has 0 radical (unpaired) electrons. The summed E-state index contributed by atoms with van der Waals surface area (Å²) in [5, 5.41) is 9.32. The Morgan fingerprint density at radius 3 is 2.56 bits per heavy atom. The van der Waals surface area contributed by atoms with Crippen molar-refractivity contribution in [3.8, 4) is 5.75 Å². The van der Waals surface area contributed by atoms with E-state index in [1.165, 1.54) is 0 Å². The Balaban J connectivity index is 2.74. The Hall–Kier alpha value is -1.63. The first-order valence-electron chi connectivity index (χ1n) is 4.96. The molecule has 0 saturated carbocycles. The molecule has 0 saturated heterocycles. The Bertz CT molecular complexity index is 445. The number of halogens is 4. The maximum absolute atomic E-state index is 12.9. The largest absolute Gasteiger partial charge is 0.507 e. The second kappa shape index (κ2) is 5.34. The molecule has 7 heteroatoms. The molecule has 1 aromatic rings. The predicted molar refractivity (Wildman–Crippen MR) is 55.9 cm³/mol. The number of benzene rings is 1. The van der Waals surface area contributed by atoms with Gasteiger partial charge in [0.05, 0.1) is 18.7 Å². The zero-order valence-corrected chi connectivity index (χ0v) is 9.46. The van der Waals surface area contributed by atoms with Crippen LogP contribution >= 0.6 is 0 Å². The first-order valence-corrected chi connectivity index (χ1v) is 4.96. The van der Waals surface area contributed by atoms with Gasteiger partial charge in [0.1, 0.15) is 11.6 Å². The van der Waals surface area contributed by atoms with E-state index in [-0.39, 0.29) is 5.56 Å². The van der Waals surface area contributed by atoms with Crippen molar-refractivity contribution in [1.82, 2.24) is 4.90 Å². The van der Waals surface area contributed by atoms with Crippen LogP contribution in [0.1, 0.15) is 10.4 Å². The first-order chi connectivity index (χ1) is 8.19. The third-order valence-corrected chi connectivity index (χ3v) is 2.12. The molecule has 0 spiro atoms. The average molecular weight is 265 g/mol. The number of aromatic hydroxyl groups is 1. The van der Waals surface area contributed by atoms with Crippen LogP contribution in [-0.2, 0) is 0 Å². The zero-order chi connectivity index (χ0) is 13.9. The van der Waals surface area contributed by atoms with Crippen LogP contribution in [0.2, 0.25) is 0 Å². The van der Waals surface area contributed by atoms with Gasteiger partial charge in [-0.15, -0.1) is 0 Å². The molecule has 3 nitrogen and oxygen atoms in total. The second-order valence-corrected chi connectivity index (χ2v) is 3.87. The van der Waals surface area contributed by atoms with Crippen LogP contribution in [-0.4, -0.2) is 42.1 Å². The minimum absolute atomic E-state index is 0.330. The van der Waals surface area contributed by atoms with Gasteiger partial charge in [-0.2, -0.15) is 13.2 Å². The molecule has 0 aromatic heterocycles. The van der Waals surface area contributed by atoms with Gasteiger partial charge in [-0.05, 0) is 25.2 Å². The second-order valence-electron chi connectivity index (χ2n) is 3.87. The standard InChI is InChI=1S/C11H11F4NO2/c1-16(6-11(13,14)15)5-10(18)8-4-7(12)2-3-9(8)17/h2-4,17H,5-6H2,1H3. The SMILES string of the molecule is CN(CC(=O)c1cc(F)ccc1O)CC(F)(F)F. The van der Waals surface area contributed by atoms with Gasteiger partial charge in [-0.3, -0.25) is 9.69 Å². The molecule has 0 heterocycles. The summed E-state index contributed by atoms with van der Waals surface area (Å²) in [6, 6.07) is 2.72. The summed E-state index contributed by atoms with van der Waals surface area (Å²) in [5.41, 5.74) is -0.330. The summed E-state index contributed by atoms with van der Waals surface area (Å²) in [7, 11) is 1.11. The molecule has 1 rings (SSSR count). The van der Waals surface area contributed by atoms with Crippen molar-refractivity contribution in [2.45, 2.75) is 6.18 Å². The van der Waals surface area contributed by atoms with Crippen molar-refractivity contribution in [2.75, 3.05) is 20.1 Å². The van der Waals surface area contributed by atoms with Gasteiger partial charge in [0.2, 0.25) is 0 Å². The van der Waals surface area contributed by atoms with Crippen LogP contribution in [0.15, 0.2) is 18.2 Å². The Morgan fingerprint density at radius 2 is 2.00 bits per heavy atom. The molecule has 0 aliphatic rings. The van der Waals surface area contributed by atoms with E-state index >= 15 is 0 Å². The summed E-state index contributed by atoms with van der Waals surface area (Å²) in [6.45, 7) is -1.81. The number of rotatable bonds is 4. The molecule has 18 heavy (non-hydrogen) atoms. The number of phenolic OH excluding ortho intramolecular Hbond substituents is 1. The molecule has 1 aromatic carbocycles. The normalized spacial score (nSPS) is 11.9. The fraction of sp³-hybridized carbons (Fsp3) is 0.364. The number of likely N-dealkylation sites (N-methyl/N-ethyl adjacent to an activating group) is 1. The Morgan fingerprint density at radius 1 is 1.39 bits per heavy atom. The molecule has 0 aliphatic heterocycles. The van der Waals surface area contributed by atoms with E-state index in [1.807, 2.05) is 0 Å². The summed E-state index contributed by atoms with van der Waals surface area (Å²) in [6.07, 6.45) is -4.42. The van der Waals surface area contributed by atoms with Crippen molar-refractivity contribution in [1.29, 1.82) is 0 Å². The van der Waals surface area contributed by atoms with E-state index in [9.17, 15) is 27.5 Å². The summed E-state index contributed by atoms with van der Waals surface area (Å²) in [4.78, 5) is 12.3. The summed E-state index contributed by atoms with van der Waals surface area (Å²) >= 11 is 0. The van der Waals surface area contributed by atoms with Gasteiger partial charge in [0, 0.05) is 0 Å². The van der Waals surface area contributed by atoms with E-state index in [0.717, 1.165) is 30.1 Å². The van der Waals surface area contributed by atoms with Gasteiger partial charge in [-0.1, -0.05) is 0 Å². The number of hydrogen-bond donors (Lipinski definition) is 1. The lowest BCUT2D eigenvalue weighted by molar-refractivity contribution is -0.141. The number of ketones is 1. The van der Waals surface area contributed by atoms with Crippen LogP contribution in [0, 0.1) is 5.82 Å². The lowest BCUT2D eigenvalue weighted by Crippen LogP contribution is -2.34. The number of carbonyl (C=O) groups is 1. The molecule has 1 N–H and O–H groups in total. The van der Waals surface area contributed by atoms with Crippen LogP contribution in [0.3, 0.4) is 0 Å². The topological polar surface area (TPSA) is 40.5 Å². The number of alkyl halides is 3. The highest BCUT2D eigenvalue weighted by Gasteiger charge is 2.30. The Kier molecular flexibility index (Phi) is 4.28. The minimum Gasteiger partial charge on any atom is -0.507 e. The van der Waals surface area contributed by atoms with E-state index in [2.05, 4.69) is 0 Å². The van der Waals surface area contributed by atoms with Crippen molar-refractivity contribution < 1.29 is 27.5 Å². The maximum atomic E-state index is 12.9. The van der Waals surface area contributed by atoms with Crippen molar-refractivity contribution in [3.05, 3.63) is 29.6 Å². The Labute approximate surface area is 101 Å². The average Bonchev–Trinajstić information content (AvgIpc) is 2.18. The number of hydrogen-bond acceptors (Lipinski definition) is 3. The molecule has 0 fully saturated rings.